The van der Waals surface area contributed by atoms with E-state index in [0.29, 0.717) is 0 Å². The highest BCUT2D eigenvalue weighted by Crippen LogP contribution is 2.40. The molecule has 2 aromatic heterocycles. The molecule has 2 nitrogen and oxygen atoms in total. The molecule has 0 aliphatic rings. The van der Waals surface area contributed by atoms with Crippen LogP contribution in [0.2, 0.25) is 0 Å². The number of benzene rings is 4. The van der Waals surface area contributed by atoms with Crippen molar-refractivity contribution < 1.29 is 0 Å². The van der Waals surface area contributed by atoms with Crippen LogP contribution in [0.3, 0.4) is 0 Å². The minimum atomic E-state index is 0.764. The van der Waals surface area contributed by atoms with Crippen molar-refractivity contribution in [3.8, 4) is 33.8 Å². The Morgan fingerprint density at radius 3 is 1.97 bits per heavy atom. The topological polar surface area (TPSA) is 25.8 Å². The van der Waals surface area contributed by atoms with Crippen LogP contribution in [0.15, 0.2) is 109 Å². The van der Waals surface area contributed by atoms with Gasteiger partial charge in [0, 0.05) is 26.6 Å². The van der Waals surface area contributed by atoms with Gasteiger partial charge in [0.1, 0.15) is 4.83 Å². The molecule has 0 radical (unpaired) electrons. The molecular weight excluding hydrogens is 396 g/mol. The lowest BCUT2D eigenvalue weighted by Crippen LogP contribution is -1.93. The van der Waals surface area contributed by atoms with Gasteiger partial charge in [0.25, 0.3) is 0 Å². The zero-order valence-electron chi connectivity index (χ0n) is 16.7. The highest BCUT2D eigenvalue weighted by Gasteiger charge is 2.16. The van der Waals surface area contributed by atoms with Crippen molar-refractivity contribution in [3.63, 3.8) is 0 Å². The predicted octanol–water partition coefficient (Wildman–Crippen LogP) is 7.85. The zero-order valence-corrected chi connectivity index (χ0v) is 17.5. The molecule has 0 amide bonds. The number of hydrogen-bond donors (Lipinski definition) is 0. The van der Waals surface area contributed by atoms with Crippen LogP contribution in [0.1, 0.15) is 0 Å². The monoisotopic (exact) mass is 414 g/mol. The molecule has 2 heterocycles. The number of thiophene rings is 1. The van der Waals surface area contributed by atoms with Crippen molar-refractivity contribution in [2.45, 2.75) is 0 Å². The third-order valence-corrected chi connectivity index (χ3v) is 6.58. The molecule has 0 spiro atoms. The van der Waals surface area contributed by atoms with Gasteiger partial charge in [0.15, 0.2) is 5.82 Å². The zero-order chi connectivity index (χ0) is 20.6. The van der Waals surface area contributed by atoms with Crippen LogP contribution < -0.4 is 0 Å². The molecule has 0 unspecified atom stereocenters. The molecular formula is C28H18N2S. The first-order valence-electron chi connectivity index (χ1n) is 10.3. The molecule has 0 bridgehead atoms. The lowest BCUT2D eigenvalue weighted by Gasteiger charge is -2.09. The predicted molar refractivity (Wildman–Crippen MR) is 131 cm³/mol. The van der Waals surface area contributed by atoms with Gasteiger partial charge in [-0.2, -0.15) is 0 Å². The van der Waals surface area contributed by atoms with Crippen molar-refractivity contribution in [2.75, 3.05) is 0 Å². The largest absolute Gasteiger partial charge is 0.227 e. The highest BCUT2D eigenvalue weighted by molar-refractivity contribution is 7.25. The van der Waals surface area contributed by atoms with E-state index in [0.717, 1.165) is 32.9 Å². The first-order chi connectivity index (χ1) is 15.4. The lowest BCUT2D eigenvalue weighted by molar-refractivity contribution is 1.24. The SMILES string of the molecule is c1ccc(-c2cccc(-c3nc(-c4ccccc4)nc4sc5ccccc5c34)c2)cc1. The van der Waals surface area contributed by atoms with Gasteiger partial charge in [0.2, 0.25) is 0 Å². The summed E-state index contributed by atoms with van der Waals surface area (Å²) in [5.41, 5.74) is 5.51. The molecule has 0 N–H and O–H groups in total. The van der Waals surface area contributed by atoms with E-state index >= 15 is 0 Å². The van der Waals surface area contributed by atoms with E-state index in [2.05, 4.69) is 84.9 Å². The molecule has 146 valence electrons. The van der Waals surface area contributed by atoms with E-state index < -0.39 is 0 Å². The van der Waals surface area contributed by atoms with E-state index in [1.807, 2.05) is 24.3 Å². The van der Waals surface area contributed by atoms with Crippen LogP contribution in [-0.4, -0.2) is 9.97 Å². The maximum absolute atomic E-state index is 5.09. The summed E-state index contributed by atoms with van der Waals surface area (Å²) in [4.78, 5) is 11.1. The van der Waals surface area contributed by atoms with E-state index in [4.69, 9.17) is 9.97 Å². The first kappa shape index (κ1) is 18.0. The quantitative estimate of drug-likeness (QED) is 0.295. The molecule has 6 aromatic rings. The molecule has 0 aliphatic heterocycles. The Hall–Kier alpha value is -3.82. The van der Waals surface area contributed by atoms with Gasteiger partial charge >= 0.3 is 0 Å². The van der Waals surface area contributed by atoms with Crippen molar-refractivity contribution in [1.29, 1.82) is 0 Å². The average molecular weight is 415 g/mol. The minimum Gasteiger partial charge on any atom is -0.227 e. The Balaban J connectivity index is 1.65. The van der Waals surface area contributed by atoms with Gasteiger partial charge in [-0.15, -0.1) is 11.3 Å². The summed E-state index contributed by atoms with van der Waals surface area (Å²) < 4.78 is 1.23. The second kappa shape index (κ2) is 7.46. The van der Waals surface area contributed by atoms with Crippen LogP contribution >= 0.6 is 11.3 Å². The van der Waals surface area contributed by atoms with Crippen LogP contribution in [0.5, 0.6) is 0 Å². The highest BCUT2D eigenvalue weighted by atomic mass is 32.1. The minimum absolute atomic E-state index is 0.764. The van der Waals surface area contributed by atoms with E-state index in [1.165, 1.54) is 21.2 Å². The van der Waals surface area contributed by atoms with E-state index in [-0.39, 0.29) is 0 Å². The molecule has 4 aromatic carbocycles. The van der Waals surface area contributed by atoms with Crippen molar-refractivity contribution in [2.24, 2.45) is 0 Å². The van der Waals surface area contributed by atoms with Crippen LogP contribution in [0.4, 0.5) is 0 Å². The van der Waals surface area contributed by atoms with Gasteiger partial charge in [-0.1, -0.05) is 97.1 Å². The Kier molecular flexibility index (Phi) is 4.33. The van der Waals surface area contributed by atoms with Crippen LogP contribution in [0.25, 0.3) is 54.1 Å². The smallest absolute Gasteiger partial charge is 0.161 e. The summed E-state index contributed by atoms with van der Waals surface area (Å²) in [7, 11) is 0. The van der Waals surface area contributed by atoms with Crippen molar-refractivity contribution >= 4 is 31.6 Å². The van der Waals surface area contributed by atoms with Crippen LogP contribution in [-0.2, 0) is 0 Å². The van der Waals surface area contributed by atoms with Gasteiger partial charge in [-0.25, -0.2) is 9.97 Å². The number of rotatable bonds is 3. The molecule has 0 saturated carbocycles. The number of aromatic nitrogens is 2. The summed E-state index contributed by atoms with van der Waals surface area (Å²) in [6.45, 7) is 0. The fourth-order valence-corrected chi connectivity index (χ4v) is 5.10. The molecule has 0 atom stereocenters. The van der Waals surface area contributed by atoms with Crippen molar-refractivity contribution in [3.05, 3.63) is 109 Å². The Bertz CT molecular complexity index is 1520. The second-order valence-corrected chi connectivity index (χ2v) is 8.52. The Morgan fingerprint density at radius 1 is 0.516 bits per heavy atom. The normalized spacial score (nSPS) is 11.2. The maximum Gasteiger partial charge on any atom is 0.161 e. The molecule has 0 saturated heterocycles. The average Bonchev–Trinajstić information content (AvgIpc) is 3.23. The maximum atomic E-state index is 5.09. The third-order valence-electron chi connectivity index (χ3n) is 5.51. The molecule has 6 rings (SSSR count). The van der Waals surface area contributed by atoms with Gasteiger partial charge in [-0.3, -0.25) is 0 Å². The summed E-state index contributed by atoms with van der Waals surface area (Å²) in [5.74, 6) is 0.764. The summed E-state index contributed by atoms with van der Waals surface area (Å²) in [6, 6.07) is 37.9. The Morgan fingerprint density at radius 2 is 1.16 bits per heavy atom. The van der Waals surface area contributed by atoms with E-state index in [1.54, 1.807) is 11.3 Å². The lowest BCUT2D eigenvalue weighted by atomic mass is 9.99. The molecule has 0 fully saturated rings. The second-order valence-electron chi connectivity index (χ2n) is 7.49. The van der Waals surface area contributed by atoms with Gasteiger partial charge in [-0.05, 0) is 23.3 Å². The summed E-state index contributed by atoms with van der Waals surface area (Å²) >= 11 is 1.73. The standard InChI is InChI=1S/C28H18N2S/c1-3-10-19(11-4-1)21-14-9-15-22(18-21)26-25-23-16-7-8-17-24(23)31-28(25)30-27(29-26)20-12-5-2-6-13-20/h1-18H. The van der Waals surface area contributed by atoms with E-state index in [9.17, 15) is 0 Å². The molecule has 31 heavy (non-hydrogen) atoms. The summed E-state index contributed by atoms with van der Waals surface area (Å²) in [6.07, 6.45) is 0. The fraction of sp³-hybridized carbons (Fsp3) is 0. The van der Waals surface area contributed by atoms with Gasteiger partial charge in [0.05, 0.1) is 5.69 Å². The number of fused-ring (bicyclic) bond motifs is 3. The van der Waals surface area contributed by atoms with Crippen molar-refractivity contribution in [1.82, 2.24) is 9.97 Å². The number of nitrogens with zero attached hydrogens (tertiary/aromatic N) is 2. The third kappa shape index (κ3) is 3.20. The number of hydrogen-bond acceptors (Lipinski definition) is 3. The Labute approximate surface area is 184 Å². The fourth-order valence-electron chi connectivity index (χ4n) is 4.02. The summed E-state index contributed by atoms with van der Waals surface area (Å²) in [5, 5.41) is 2.34. The molecule has 3 heteroatoms. The van der Waals surface area contributed by atoms with Gasteiger partial charge < -0.3 is 0 Å². The first-order valence-corrected chi connectivity index (χ1v) is 11.1. The van der Waals surface area contributed by atoms with Crippen LogP contribution in [0, 0.1) is 0 Å². The molecule has 0 aliphatic carbocycles.